The molecule has 2 heterocycles. The van der Waals surface area contributed by atoms with Gasteiger partial charge in [-0.05, 0) is 60.2 Å². The molecule has 0 aromatic heterocycles. The zero-order valence-electron chi connectivity index (χ0n) is 17.0. The van der Waals surface area contributed by atoms with Crippen LogP contribution in [0.1, 0.15) is 29.5 Å². The van der Waals surface area contributed by atoms with Crippen molar-refractivity contribution in [2.24, 2.45) is 0 Å². The van der Waals surface area contributed by atoms with Crippen LogP contribution in [0.2, 0.25) is 0 Å². The number of hydrogen-bond donors (Lipinski definition) is 0. The average molecular weight is 397 g/mol. The van der Waals surface area contributed by atoms with Crippen molar-refractivity contribution < 1.29 is 23.7 Å². The lowest BCUT2D eigenvalue weighted by Crippen LogP contribution is -2.35. The van der Waals surface area contributed by atoms with Crippen molar-refractivity contribution in [3.63, 3.8) is 0 Å². The summed E-state index contributed by atoms with van der Waals surface area (Å²) < 4.78 is 22.0. The van der Waals surface area contributed by atoms with Gasteiger partial charge in [0.2, 0.25) is 5.91 Å². The molecule has 0 saturated heterocycles. The van der Waals surface area contributed by atoms with E-state index in [4.69, 9.17) is 18.9 Å². The Kier molecular flexibility index (Phi) is 5.79. The van der Waals surface area contributed by atoms with Crippen molar-refractivity contribution in [2.45, 2.75) is 32.2 Å². The summed E-state index contributed by atoms with van der Waals surface area (Å²) in [4.78, 5) is 14.7. The molecule has 2 aliphatic heterocycles. The van der Waals surface area contributed by atoms with Gasteiger partial charge in [-0.3, -0.25) is 4.79 Å². The van der Waals surface area contributed by atoms with Crippen LogP contribution in [0.15, 0.2) is 30.3 Å². The molecule has 0 bridgehead atoms. The van der Waals surface area contributed by atoms with Crippen LogP contribution in [0.25, 0.3) is 0 Å². The lowest BCUT2D eigenvalue weighted by molar-refractivity contribution is -0.132. The fourth-order valence-electron chi connectivity index (χ4n) is 3.94. The third kappa shape index (κ3) is 4.26. The van der Waals surface area contributed by atoms with E-state index in [9.17, 15) is 4.79 Å². The van der Waals surface area contributed by atoms with Gasteiger partial charge in [0.1, 0.15) is 13.2 Å². The summed E-state index contributed by atoms with van der Waals surface area (Å²) in [6, 6.07) is 10.0. The lowest BCUT2D eigenvalue weighted by atomic mass is 9.98. The highest BCUT2D eigenvalue weighted by Crippen LogP contribution is 2.34. The van der Waals surface area contributed by atoms with Gasteiger partial charge < -0.3 is 23.8 Å². The number of aryl methyl sites for hydroxylation is 1. The minimum absolute atomic E-state index is 0.197. The number of carbonyl (C=O) groups excluding carboxylic acids is 1. The van der Waals surface area contributed by atoms with Gasteiger partial charge in [0, 0.05) is 19.5 Å². The number of hydrogen-bond acceptors (Lipinski definition) is 5. The van der Waals surface area contributed by atoms with Crippen molar-refractivity contribution in [3.8, 4) is 23.0 Å². The molecule has 29 heavy (non-hydrogen) atoms. The minimum atomic E-state index is 0.197. The minimum Gasteiger partial charge on any atom is -0.493 e. The van der Waals surface area contributed by atoms with Crippen LogP contribution in [0.3, 0.4) is 0 Å². The average Bonchev–Trinajstić information content (AvgIpc) is 2.77. The van der Waals surface area contributed by atoms with E-state index in [1.807, 2.05) is 29.2 Å². The quantitative estimate of drug-likeness (QED) is 0.748. The van der Waals surface area contributed by atoms with Gasteiger partial charge >= 0.3 is 0 Å². The molecule has 0 fully saturated rings. The molecule has 6 heteroatoms. The maximum Gasteiger partial charge on any atom is 0.222 e. The first-order chi connectivity index (χ1) is 14.2. The SMILES string of the molecule is COc1cc2c(cc1OC)CN(C(=O)CCCc1ccc3c(c1)OCCO3)CC2. The molecule has 2 aromatic carbocycles. The molecule has 0 spiro atoms. The van der Waals surface area contributed by atoms with E-state index in [0.29, 0.717) is 31.9 Å². The Balaban J connectivity index is 1.33. The van der Waals surface area contributed by atoms with E-state index in [2.05, 4.69) is 6.07 Å². The largest absolute Gasteiger partial charge is 0.493 e. The molecular formula is C23H27NO5. The number of benzene rings is 2. The Morgan fingerprint density at radius 1 is 1.00 bits per heavy atom. The summed E-state index contributed by atoms with van der Waals surface area (Å²) in [6.07, 6.45) is 3.03. The van der Waals surface area contributed by atoms with Crippen LogP contribution < -0.4 is 18.9 Å². The van der Waals surface area contributed by atoms with Gasteiger partial charge in [-0.15, -0.1) is 0 Å². The van der Waals surface area contributed by atoms with Gasteiger partial charge in [-0.2, -0.15) is 0 Å². The number of methoxy groups -OCH3 is 2. The highest BCUT2D eigenvalue weighted by Gasteiger charge is 2.22. The fourth-order valence-corrected chi connectivity index (χ4v) is 3.94. The standard InChI is InChI=1S/C23H27NO5/c1-26-20-13-17-8-9-24(15-18(17)14-21(20)27-2)23(25)5-3-4-16-6-7-19-22(12-16)29-11-10-28-19/h6-7,12-14H,3-5,8-11,15H2,1-2H3. The summed E-state index contributed by atoms with van der Waals surface area (Å²) >= 11 is 0. The molecule has 0 N–H and O–H groups in total. The van der Waals surface area contributed by atoms with Crippen molar-refractivity contribution in [2.75, 3.05) is 34.0 Å². The molecule has 0 aliphatic carbocycles. The van der Waals surface area contributed by atoms with Crippen LogP contribution >= 0.6 is 0 Å². The summed E-state index contributed by atoms with van der Waals surface area (Å²) in [7, 11) is 3.28. The Labute approximate surface area is 171 Å². The third-order valence-corrected chi connectivity index (χ3v) is 5.53. The normalized spacial score (nSPS) is 14.9. The van der Waals surface area contributed by atoms with Crippen LogP contribution in [0, 0.1) is 0 Å². The molecular weight excluding hydrogens is 370 g/mol. The fraction of sp³-hybridized carbons (Fsp3) is 0.435. The first-order valence-electron chi connectivity index (χ1n) is 10.1. The molecule has 154 valence electrons. The first kappa shape index (κ1) is 19.4. The Bertz CT molecular complexity index is 895. The predicted octanol–water partition coefficient (Wildman–Crippen LogP) is 3.38. The summed E-state index contributed by atoms with van der Waals surface area (Å²) in [5.41, 5.74) is 3.53. The zero-order valence-corrected chi connectivity index (χ0v) is 17.0. The highest BCUT2D eigenvalue weighted by atomic mass is 16.6. The maximum atomic E-state index is 12.7. The first-order valence-corrected chi connectivity index (χ1v) is 10.1. The van der Waals surface area contributed by atoms with Gasteiger partial charge in [-0.25, -0.2) is 0 Å². The highest BCUT2D eigenvalue weighted by molar-refractivity contribution is 5.76. The van der Waals surface area contributed by atoms with Gasteiger partial charge in [0.05, 0.1) is 14.2 Å². The van der Waals surface area contributed by atoms with Gasteiger partial charge in [-0.1, -0.05) is 6.07 Å². The molecule has 0 atom stereocenters. The zero-order chi connectivity index (χ0) is 20.2. The predicted molar refractivity (Wildman–Crippen MR) is 109 cm³/mol. The second-order valence-electron chi connectivity index (χ2n) is 7.37. The second kappa shape index (κ2) is 8.64. The number of ether oxygens (including phenoxy) is 4. The molecule has 2 aliphatic rings. The van der Waals surface area contributed by atoms with Crippen LogP contribution in [0.4, 0.5) is 0 Å². The smallest absolute Gasteiger partial charge is 0.222 e. The van der Waals surface area contributed by atoms with Crippen molar-refractivity contribution >= 4 is 5.91 Å². The molecule has 4 rings (SSSR count). The van der Waals surface area contributed by atoms with E-state index in [0.717, 1.165) is 48.6 Å². The molecule has 1 amide bonds. The number of fused-ring (bicyclic) bond motifs is 2. The Morgan fingerprint density at radius 2 is 1.72 bits per heavy atom. The van der Waals surface area contributed by atoms with E-state index >= 15 is 0 Å². The third-order valence-electron chi connectivity index (χ3n) is 5.53. The molecule has 0 saturated carbocycles. The topological polar surface area (TPSA) is 57.2 Å². The summed E-state index contributed by atoms with van der Waals surface area (Å²) in [5.74, 6) is 3.25. The van der Waals surface area contributed by atoms with Crippen LogP contribution in [-0.2, 0) is 24.2 Å². The van der Waals surface area contributed by atoms with Crippen LogP contribution in [0.5, 0.6) is 23.0 Å². The van der Waals surface area contributed by atoms with Crippen molar-refractivity contribution in [1.29, 1.82) is 0 Å². The van der Waals surface area contributed by atoms with Crippen molar-refractivity contribution in [3.05, 3.63) is 47.0 Å². The lowest BCUT2D eigenvalue weighted by Gasteiger charge is -2.29. The molecule has 2 aromatic rings. The van der Waals surface area contributed by atoms with E-state index in [1.165, 1.54) is 11.1 Å². The summed E-state index contributed by atoms with van der Waals surface area (Å²) in [5, 5.41) is 0. The molecule has 6 nitrogen and oxygen atoms in total. The van der Waals surface area contributed by atoms with Crippen molar-refractivity contribution in [1.82, 2.24) is 4.90 Å². The summed E-state index contributed by atoms with van der Waals surface area (Å²) in [6.45, 7) is 2.55. The van der Waals surface area contributed by atoms with E-state index in [-0.39, 0.29) is 5.91 Å². The molecule has 0 radical (unpaired) electrons. The Hall–Kier alpha value is -2.89. The number of rotatable bonds is 6. The Morgan fingerprint density at radius 3 is 2.48 bits per heavy atom. The molecule has 0 unspecified atom stereocenters. The van der Waals surface area contributed by atoms with Crippen LogP contribution in [-0.4, -0.2) is 44.8 Å². The van der Waals surface area contributed by atoms with Gasteiger partial charge in [0.15, 0.2) is 23.0 Å². The van der Waals surface area contributed by atoms with E-state index < -0.39 is 0 Å². The van der Waals surface area contributed by atoms with E-state index in [1.54, 1.807) is 14.2 Å². The number of amides is 1. The van der Waals surface area contributed by atoms with Gasteiger partial charge in [0.25, 0.3) is 0 Å². The monoisotopic (exact) mass is 397 g/mol. The maximum absolute atomic E-state index is 12.7. The number of nitrogens with zero attached hydrogens (tertiary/aromatic N) is 1. The second-order valence-corrected chi connectivity index (χ2v) is 7.37. The number of carbonyl (C=O) groups is 1.